The predicted molar refractivity (Wildman–Crippen MR) is 117 cm³/mol. The van der Waals surface area contributed by atoms with Crippen LogP contribution in [0.25, 0.3) is 5.57 Å². The van der Waals surface area contributed by atoms with Gasteiger partial charge in [-0.1, -0.05) is 57.9 Å². The Morgan fingerprint density at radius 1 is 1.11 bits per heavy atom. The second kappa shape index (κ2) is 11.9. The van der Waals surface area contributed by atoms with Crippen LogP contribution in [0.15, 0.2) is 22.8 Å². The summed E-state index contributed by atoms with van der Waals surface area (Å²) in [6, 6.07) is 2.01. The molecule has 1 aromatic rings. The number of aliphatic imine (C=N–C) groups is 1. The van der Waals surface area contributed by atoms with Gasteiger partial charge in [0.05, 0.1) is 5.69 Å². The molecule has 150 valence electrons. The lowest BCUT2D eigenvalue weighted by Gasteiger charge is -2.26. The van der Waals surface area contributed by atoms with E-state index in [1.165, 1.54) is 56.9 Å². The third-order valence-corrected chi connectivity index (χ3v) is 5.74. The van der Waals surface area contributed by atoms with E-state index in [4.69, 9.17) is 4.98 Å². The number of nitrogens with one attached hydrogen (secondary N) is 1. The summed E-state index contributed by atoms with van der Waals surface area (Å²) in [6.45, 7) is 7.22. The molecule has 1 N–H and O–H groups in total. The summed E-state index contributed by atoms with van der Waals surface area (Å²) in [5.41, 5.74) is 3.55. The molecule has 0 radical (unpaired) electrons. The summed E-state index contributed by atoms with van der Waals surface area (Å²) in [7, 11) is 1.83. The largest absolute Gasteiger partial charge is 0.354 e. The first kappa shape index (κ1) is 21.6. The Morgan fingerprint density at radius 3 is 2.44 bits per heavy atom. The normalized spacial score (nSPS) is 19.1. The molecule has 4 heteroatoms. The molecule has 0 bridgehead atoms. The molecule has 27 heavy (non-hydrogen) atoms. The SMILES string of the molecule is CC.CN=C/C(=C(\C)CC1CCC1)c1ccnc(NCC2CCCCC2)n1. The Hall–Kier alpha value is -1.71. The van der Waals surface area contributed by atoms with E-state index < -0.39 is 0 Å². The highest BCUT2D eigenvalue weighted by molar-refractivity contribution is 6.10. The molecule has 1 aromatic heterocycles. The highest BCUT2D eigenvalue weighted by atomic mass is 15.1. The number of rotatable bonds is 7. The summed E-state index contributed by atoms with van der Waals surface area (Å²) < 4.78 is 0. The fourth-order valence-electron chi connectivity index (χ4n) is 3.98. The Balaban J connectivity index is 0.00000126. The zero-order chi connectivity index (χ0) is 19.5. The molecule has 0 aliphatic heterocycles. The van der Waals surface area contributed by atoms with Gasteiger partial charge < -0.3 is 5.32 Å². The third-order valence-electron chi connectivity index (χ3n) is 5.74. The summed E-state index contributed by atoms with van der Waals surface area (Å²) in [5.74, 6) is 2.38. The number of anilines is 1. The van der Waals surface area contributed by atoms with Crippen LogP contribution in [0.4, 0.5) is 5.95 Å². The van der Waals surface area contributed by atoms with Crippen LogP contribution >= 0.6 is 0 Å². The number of hydrogen-bond acceptors (Lipinski definition) is 4. The molecule has 2 fully saturated rings. The van der Waals surface area contributed by atoms with Gasteiger partial charge in [-0.2, -0.15) is 0 Å². The minimum absolute atomic E-state index is 0.751. The van der Waals surface area contributed by atoms with Gasteiger partial charge >= 0.3 is 0 Å². The maximum absolute atomic E-state index is 4.78. The van der Waals surface area contributed by atoms with E-state index in [1.807, 2.05) is 39.4 Å². The predicted octanol–water partition coefficient (Wildman–Crippen LogP) is 6.16. The smallest absolute Gasteiger partial charge is 0.223 e. The minimum Gasteiger partial charge on any atom is -0.354 e. The van der Waals surface area contributed by atoms with Crippen LogP contribution in [-0.4, -0.2) is 29.8 Å². The number of hydrogen-bond donors (Lipinski definition) is 1. The minimum atomic E-state index is 0.751. The highest BCUT2D eigenvalue weighted by Gasteiger charge is 2.19. The van der Waals surface area contributed by atoms with Crippen LogP contribution in [0.5, 0.6) is 0 Å². The van der Waals surface area contributed by atoms with Gasteiger partial charge in [0.15, 0.2) is 0 Å². The molecular formula is C23H38N4. The quantitative estimate of drug-likeness (QED) is 0.585. The molecule has 3 rings (SSSR count). The topological polar surface area (TPSA) is 50.2 Å². The second-order valence-corrected chi connectivity index (χ2v) is 7.73. The Kier molecular flexibility index (Phi) is 9.51. The first-order chi connectivity index (χ1) is 13.3. The molecule has 0 spiro atoms. The second-order valence-electron chi connectivity index (χ2n) is 7.73. The summed E-state index contributed by atoms with van der Waals surface area (Å²) >= 11 is 0. The van der Waals surface area contributed by atoms with Gasteiger partial charge in [0.2, 0.25) is 5.95 Å². The van der Waals surface area contributed by atoms with Crippen LogP contribution in [-0.2, 0) is 0 Å². The zero-order valence-corrected chi connectivity index (χ0v) is 17.8. The molecule has 0 unspecified atom stereocenters. The lowest BCUT2D eigenvalue weighted by Crippen LogP contribution is -2.18. The Bertz CT molecular complexity index is 611. The standard InChI is InChI=1S/C21H32N4.C2H6/c1-16(13-17-9-6-10-17)19(15-22-2)20-11-12-23-21(25-20)24-14-18-7-4-3-5-8-18;1-2/h11-12,15,17-18H,3-10,13-14H2,1-2H3,(H,23,24,25);1-2H3/b19-16-,22-15?;. The Labute approximate surface area is 166 Å². The van der Waals surface area contributed by atoms with E-state index in [0.717, 1.165) is 42.0 Å². The molecule has 0 saturated heterocycles. The van der Waals surface area contributed by atoms with Crippen LogP contribution < -0.4 is 5.32 Å². The lowest BCUT2D eigenvalue weighted by molar-refractivity contribution is 0.314. The summed E-state index contributed by atoms with van der Waals surface area (Å²) in [5, 5.41) is 3.46. The molecule has 0 aromatic carbocycles. The van der Waals surface area contributed by atoms with Crippen LogP contribution in [0, 0.1) is 11.8 Å². The van der Waals surface area contributed by atoms with Crippen molar-refractivity contribution in [2.24, 2.45) is 16.8 Å². The first-order valence-electron chi connectivity index (χ1n) is 11.0. The van der Waals surface area contributed by atoms with Crippen LogP contribution in [0.3, 0.4) is 0 Å². The average molecular weight is 371 g/mol. The molecule has 2 saturated carbocycles. The summed E-state index contributed by atoms with van der Waals surface area (Å²) in [6.07, 6.45) is 15.9. The van der Waals surface area contributed by atoms with Crippen molar-refractivity contribution in [1.29, 1.82) is 0 Å². The number of nitrogens with zero attached hydrogens (tertiary/aromatic N) is 3. The maximum Gasteiger partial charge on any atom is 0.223 e. The van der Waals surface area contributed by atoms with Crippen molar-refractivity contribution < 1.29 is 0 Å². The fraction of sp³-hybridized carbons (Fsp3) is 0.696. The molecule has 4 nitrogen and oxygen atoms in total. The highest BCUT2D eigenvalue weighted by Crippen LogP contribution is 2.34. The van der Waals surface area contributed by atoms with E-state index in [0.29, 0.717) is 0 Å². The van der Waals surface area contributed by atoms with Gasteiger partial charge in [-0.05, 0) is 44.1 Å². The lowest BCUT2D eigenvalue weighted by atomic mass is 9.80. The average Bonchev–Trinajstić information content (AvgIpc) is 2.70. The number of allylic oxidation sites excluding steroid dienone is 2. The van der Waals surface area contributed by atoms with Crippen molar-refractivity contribution in [3.8, 4) is 0 Å². The molecule has 1 heterocycles. The molecule has 0 atom stereocenters. The molecular weight excluding hydrogens is 332 g/mol. The van der Waals surface area contributed by atoms with E-state index in [1.54, 1.807) is 0 Å². The fourth-order valence-corrected chi connectivity index (χ4v) is 3.98. The van der Waals surface area contributed by atoms with E-state index >= 15 is 0 Å². The zero-order valence-electron chi connectivity index (χ0n) is 17.8. The van der Waals surface area contributed by atoms with Gasteiger partial charge in [-0.15, -0.1) is 0 Å². The first-order valence-corrected chi connectivity index (χ1v) is 11.0. The molecule has 0 amide bonds. The van der Waals surface area contributed by atoms with Crippen molar-refractivity contribution in [3.63, 3.8) is 0 Å². The Morgan fingerprint density at radius 2 is 1.81 bits per heavy atom. The van der Waals surface area contributed by atoms with Crippen LogP contribution in [0.2, 0.25) is 0 Å². The van der Waals surface area contributed by atoms with Crippen molar-refractivity contribution in [1.82, 2.24) is 9.97 Å². The van der Waals surface area contributed by atoms with E-state index in [9.17, 15) is 0 Å². The van der Waals surface area contributed by atoms with Gasteiger partial charge in [-0.3, -0.25) is 4.99 Å². The van der Waals surface area contributed by atoms with Gasteiger partial charge in [-0.25, -0.2) is 9.97 Å². The van der Waals surface area contributed by atoms with Crippen molar-refractivity contribution in [2.45, 2.75) is 78.6 Å². The maximum atomic E-state index is 4.78. The monoisotopic (exact) mass is 370 g/mol. The van der Waals surface area contributed by atoms with Gasteiger partial charge in [0.1, 0.15) is 0 Å². The molecule has 2 aliphatic rings. The van der Waals surface area contributed by atoms with E-state index in [-0.39, 0.29) is 0 Å². The van der Waals surface area contributed by atoms with E-state index in [2.05, 4.69) is 22.2 Å². The van der Waals surface area contributed by atoms with Crippen molar-refractivity contribution in [2.75, 3.05) is 18.9 Å². The van der Waals surface area contributed by atoms with Gasteiger partial charge in [0.25, 0.3) is 0 Å². The number of aromatic nitrogens is 2. The molecule has 2 aliphatic carbocycles. The van der Waals surface area contributed by atoms with Crippen LogP contribution in [0.1, 0.15) is 84.3 Å². The van der Waals surface area contributed by atoms with Crippen molar-refractivity contribution >= 4 is 17.7 Å². The van der Waals surface area contributed by atoms with Crippen molar-refractivity contribution in [3.05, 3.63) is 23.5 Å². The van der Waals surface area contributed by atoms with Gasteiger partial charge in [0, 0.05) is 31.6 Å². The summed E-state index contributed by atoms with van der Waals surface area (Å²) in [4.78, 5) is 13.5. The third kappa shape index (κ3) is 6.75.